The Labute approximate surface area is 50.2 Å². The Morgan fingerprint density at radius 3 is 2.50 bits per heavy atom. The lowest BCUT2D eigenvalue weighted by molar-refractivity contribution is 0.458. The fourth-order valence-corrected chi connectivity index (χ4v) is 0.523. The van der Waals surface area contributed by atoms with Crippen molar-refractivity contribution in [3.8, 4) is 0 Å². The van der Waals surface area contributed by atoms with Gasteiger partial charge in [0.25, 0.3) is 0 Å². The fourth-order valence-electron chi connectivity index (χ4n) is 0.523. The minimum Gasteiger partial charge on any atom is -0.514 e. The molecule has 0 aromatic rings. The molecule has 48 valence electrons. The molecule has 0 heterocycles. The first-order valence-corrected chi connectivity index (χ1v) is 2.86. The molecule has 2 heteroatoms. The monoisotopic (exact) mass is 115 g/mol. The van der Waals surface area contributed by atoms with Gasteiger partial charge in [0, 0.05) is 12.7 Å². The van der Waals surface area contributed by atoms with E-state index in [2.05, 4.69) is 12.2 Å². The summed E-state index contributed by atoms with van der Waals surface area (Å²) in [7, 11) is 1.80. The van der Waals surface area contributed by atoms with Gasteiger partial charge in [-0.3, -0.25) is 0 Å². The summed E-state index contributed by atoms with van der Waals surface area (Å²) in [6, 6.07) is 0. The molecule has 0 rings (SSSR count). The molecule has 2 nitrogen and oxygen atoms in total. The molecular formula is C6H13NO. The molecule has 0 fully saturated rings. The highest BCUT2D eigenvalue weighted by Gasteiger charge is 1.87. The number of aliphatic hydroxyl groups excluding tert-OH is 1. The van der Waals surface area contributed by atoms with Crippen LogP contribution in [0.2, 0.25) is 0 Å². The van der Waals surface area contributed by atoms with E-state index >= 15 is 0 Å². The topological polar surface area (TPSA) is 32.3 Å². The number of hydrogen-bond donors (Lipinski definition) is 2. The summed E-state index contributed by atoms with van der Waals surface area (Å²) < 4.78 is 0. The molecule has 0 amide bonds. The zero-order valence-corrected chi connectivity index (χ0v) is 5.44. The van der Waals surface area contributed by atoms with Crippen LogP contribution in [-0.4, -0.2) is 12.2 Å². The Morgan fingerprint density at radius 1 is 1.75 bits per heavy atom. The van der Waals surface area contributed by atoms with Crippen molar-refractivity contribution in [2.24, 2.45) is 0 Å². The van der Waals surface area contributed by atoms with Crippen LogP contribution in [0.1, 0.15) is 19.8 Å². The minimum atomic E-state index is 0.896. The molecular weight excluding hydrogens is 102 g/mol. The number of allylic oxidation sites excluding steroid dienone is 1. The van der Waals surface area contributed by atoms with Crippen molar-refractivity contribution in [1.29, 1.82) is 0 Å². The smallest absolute Gasteiger partial charge is 0.0980 e. The van der Waals surface area contributed by atoms with Crippen LogP contribution in [0.5, 0.6) is 0 Å². The first-order chi connectivity index (χ1) is 3.85. The van der Waals surface area contributed by atoms with E-state index in [0.717, 1.165) is 24.8 Å². The molecule has 0 radical (unpaired) electrons. The van der Waals surface area contributed by atoms with Crippen LogP contribution in [0, 0.1) is 0 Å². The molecule has 0 aromatic carbocycles. The van der Waals surface area contributed by atoms with Crippen LogP contribution < -0.4 is 5.32 Å². The molecule has 0 aliphatic carbocycles. The normalized spacial score (nSPS) is 11.5. The van der Waals surface area contributed by atoms with Gasteiger partial charge in [-0.05, 0) is 6.42 Å². The van der Waals surface area contributed by atoms with Gasteiger partial charge in [-0.1, -0.05) is 13.3 Å². The van der Waals surface area contributed by atoms with Crippen LogP contribution in [0.15, 0.2) is 12.0 Å². The van der Waals surface area contributed by atoms with E-state index in [-0.39, 0.29) is 0 Å². The van der Waals surface area contributed by atoms with Crippen molar-refractivity contribution < 1.29 is 5.11 Å². The average Bonchev–Trinajstić information content (AvgIpc) is 1.83. The molecule has 0 aliphatic rings. The first-order valence-electron chi connectivity index (χ1n) is 2.86. The summed E-state index contributed by atoms with van der Waals surface area (Å²) >= 11 is 0. The Morgan fingerprint density at radius 2 is 2.38 bits per heavy atom. The molecule has 0 aromatic heterocycles. The maximum Gasteiger partial charge on any atom is 0.0980 e. The third-order valence-electron chi connectivity index (χ3n) is 0.996. The van der Waals surface area contributed by atoms with Gasteiger partial charge in [0.1, 0.15) is 0 Å². The number of aliphatic hydroxyl groups is 1. The van der Waals surface area contributed by atoms with E-state index < -0.39 is 0 Å². The molecule has 0 saturated carbocycles. The quantitative estimate of drug-likeness (QED) is 0.545. The summed E-state index contributed by atoms with van der Waals surface area (Å²) in [5.74, 6) is 0. The van der Waals surface area contributed by atoms with E-state index in [0.29, 0.717) is 0 Å². The largest absolute Gasteiger partial charge is 0.514 e. The number of rotatable bonds is 3. The standard InChI is InChI=1S/C6H13NO/c1-3-4-6(5-8)7-2/h5,7-8H,3-4H2,1-2H3. The van der Waals surface area contributed by atoms with Crippen molar-refractivity contribution in [3.05, 3.63) is 12.0 Å². The summed E-state index contributed by atoms with van der Waals surface area (Å²) in [6.07, 6.45) is 3.10. The lowest BCUT2D eigenvalue weighted by atomic mass is 10.3. The van der Waals surface area contributed by atoms with Crippen molar-refractivity contribution in [2.75, 3.05) is 7.05 Å². The molecule has 2 N–H and O–H groups in total. The summed E-state index contributed by atoms with van der Waals surface area (Å²) in [6.45, 7) is 2.07. The van der Waals surface area contributed by atoms with Gasteiger partial charge >= 0.3 is 0 Å². The van der Waals surface area contributed by atoms with Gasteiger partial charge in [0.2, 0.25) is 0 Å². The molecule has 0 saturated heterocycles. The Kier molecular flexibility index (Phi) is 4.13. The fraction of sp³-hybridized carbons (Fsp3) is 0.667. The van der Waals surface area contributed by atoms with E-state index in [9.17, 15) is 0 Å². The molecule has 0 unspecified atom stereocenters. The lowest BCUT2D eigenvalue weighted by Gasteiger charge is -1.99. The molecule has 0 aliphatic heterocycles. The van der Waals surface area contributed by atoms with Gasteiger partial charge in [0.15, 0.2) is 0 Å². The third-order valence-corrected chi connectivity index (χ3v) is 0.996. The summed E-state index contributed by atoms with van der Waals surface area (Å²) in [4.78, 5) is 0. The summed E-state index contributed by atoms with van der Waals surface area (Å²) in [5.41, 5.74) is 0.896. The van der Waals surface area contributed by atoms with Gasteiger partial charge in [0.05, 0.1) is 6.26 Å². The van der Waals surface area contributed by atoms with Gasteiger partial charge in [-0.15, -0.1) is 0 Å². The van der Waals surface area contributed by atoms with Crippen LogP contribution in [0.25, 0.3) is 0 Å². The highest BCUT2D eigenvalue weighted by atomic mass is 16.2. The molecule has 0 spiro atoms. The maximum atomic E-state index is 8.43. The second kappa shape index (κ2) is 4.50. The molecule has 8 heavy (non-hydrogen) atoms. The second-order valence-electron chi connectivity index (χ2n) is 1.65. The summed E-state index contributed by atoms with van der Waals surface area (Å²) in [5, 5.41) is 11.3. The zero-order chi connectivity index (χ0) is 6.41. The highest BCUT2D eigenvalue weighted by Crippen LogP contribution is 1.96. The van der Waals surface area contributed by atoms with Crippen molar-refractivity contribution in [3.63, 3.8) is 0 Å². The van der Waals surface area contributed by atoms with Gasteiger partial charge in [-0.25, -0.2) is 0 Å². The maximum absolute atomic E-state index is 8.43. The SMILES string of the molecule is CCCC(=CO)NC. The van der Waals surface area contributed by atoms with Crippen LogP contribution in [0.3, 0.4) is 0 Å². The Bertz CT molecular complexity index is 78.6. The predicted octanol–water partition coefficient (Wildman–Crippen LogP) is 1.41. The number of nitrogens with one attached hydrogen (secondary N) is 1. The van der Waals surface area contributed by atoms with E-state index in [1.165, 1.54) is 0 Å². The zero-order valence-electron chi connectivity index (χ0n) is 5.44. The van der Waals surface area contributed by atoms with Gasteiger partial charge in [-0.2, -0.15) is 0 Å². The number of hydrogen-bond acceptors (Lipinski definition) is 2. The lowest BCUT2D eigenvalue weighted by Crippen LogP contribution is -2.04. The van der Waals surface area contributed by atoms with Crippen LogP contribution in [0.4, 0.5) is 0 Å². The van der Waals surface area contributed by atoms with Crippen LogP contribution >= 0.6 is 0 Å². The van der Waals surface area contributed by atoms with Crippen molar-refractivity contribution in [1.82, 2.24) is 5.32 Å². The molecule has 0 atom stereocenters. The third kappa shape index (κ3) is 2.50. The molecule has 0 bridgehead atoms. The highest BCUT2D eigenvalue weighted by molar-refractivity contribution is 4.91. The second-order valence-corrected chi connectivity index (χ2v) is 1.65. The minimum absolute atomic E-state index is 0.896. The van der Waals surface area contributed by atoms with E-state index in [4.69, 9.17) is 5.11 Å². The Hall–Kier alpha value is -0.660. The predicted molar refractivity (Wildman–Crippen MR) is 34.7 cm³/mol. The average molecular weight is 115 g/mol. The van der Waals surface area contributed by atoms with Gasteiger partial charge < -0.3 is 10.4 Å². The van der Waals surface area contributed by atoms with Crippen molar-refractivity contribution >= 4 is 0 Å². The van der Waals surface area contributed by atoms with E-state index in [1.807, 2.05) is 0 Å². The first kappa shape index (κ1) is 7.34. The van der Waals surface area contributed by atoms with Crippen molar-refractivity contribution in [2.45, 2.75) is 19.8 Å². The van der Waals surface area contributed by atoms with Crippen LogP contribution in [-0.2, 0) is 0 Å². The van der Waals surface area contributed by atoms with E-state index in [1.54, 1.807) is 7.05 Å². The Balaban J connectivity index is 3.38.